The van der Waals surface area contributed by atoms with E-state index in [1.54, 1.807) is 32.6 Å². The topological polar surface area (TPSA) is 83.0 Å². The number of piperidine rings is 1. The first-order valence-electron chi connectivity index (χ1n) is 8.69. The first kappa shape index (κ1) is 19.9. The van der Waals surface area contributed by atoms with Crippen molar-refractivity contribution in [1.82, 2.24) is 14.8 Å². The maximum atomic E-state index is 12.9. The van der Waals surface area contributed by atoms with Crippen molar-refractivity contribution in [2.75, 3.05) is 13.1 Å². The number of carbonyl (C=O) groups excluding carboxylic acids is 1. The van der Waals surface area contributed by atoms with E-state index < -0.39 is 23.5 Å². The van der Waals surface area contributed by atoms with Crippen molar-refractivity contribution in [3.8, 4) is 5.88 Å². The second-order valence-electron chi connectivity index (χ2n) is 7.46. The van der Waals surface area contributed by atoms with Crippen LogP contribution < -0.4 is 4.74 Å². The Labute approximate surface area is 152 Å². The van der Waals surface area contributed by atoms with Gasteiger partial charge in [0.25, 0.3) is 0 Å². The summed E-state index contributed by atoms with van der Waals surface area (Å²) in [5, 5.41) is 9.45. The van der Waals surface area contributed by atoms with Crippen LogP contribution in [0.15, 0.2) is 18.3 Å². The van der Waals surface area contributed by atoms with Crippen molar-refractivity contribution in [3.05, 3.63) is 24.1 Å². The van der Waals surface area contributed by atoms with Crippen LogP contribution in [0, 0.1) is 5.82 Å². The van der Waals surface area contributed by atoms with Gasteiger partial charge in [-0.25, -0.2) is 14.2 Å². The molecule has 0 saturated carbocycles. The van der Waals surface area contributed by atoms with Crippen molar-refractivity contribution >= 4 is 12.0 Å². The predicted octanol–water partition coefficient (Wildman–Crippen LogP) is 2.76. The van der Waals surface area contributed by atoms with Crippen molar-refractivity contribution in [2.24, 2.45) is 0 Å². The summed E-state index contributed by atoms with van der Waals surface area (Å²) in [6.45, 7) is 7.87. The number of halogens is 1. The molecule has 1 aromatic rings. The molecule has 0 radical (unpaired) electrons. The Hall–Kier alpha value is -2.38. The van der Waals surface area contributed by atoms with Gasteiger partial charge >= 0.3 is 6.09 Å². The van der Waals surface area contributed by atoms with E-state index in [2.05, 4.69) is 4.98 Å². The van der Waals surface area contributed by atoms with Gasteiger partial charge in [-0.15, -0.1) is 0 Å². The summed E-state index contributed by atoms with van der Waals surface area (Å²) in [7, 11) is 0. The van der Waals surface area contributed by atoms with Gasteiger partial charge in [-0.05, 0) is 33.8 Å². The molecule has 2 heterocycles. The molecule has 2 amide bonds. The number of likely N-dealkylation sites (tertiary alicyclic amines) is 1. The molecule has 0 aromatic carbocycles. The number of rotatable bonds is 4. The van der Waals surface area contributed by atoms with E-state index >= 15 is 0 Å². The first-order chi connectivity index (χ1) is 12.1. The van der Waals surface area contributed by atoms with Gasteiger partial charge in [0.2, 0.25) is 11.8 Å². The highest BCUT2D eigenvalue weighted by atomic mass is 19.1. The molecule has 0 unspecified atom stereocenters. The second-order valence-corrected chi connectivity index (χ2v) is 7.46. The lowest BCUT2D eigenvalue weighted by molar-refractivity contribution is -0.139. The quantitative estimate of drug-likeness (QED) is 0.885. The Kier molecular flexibility index (Phi) is 6.05. The largest absolute Gasteiger partial charge is 0.474 e. The minimum Gasteiger partial charge on any atom is -0.474 e. The molecule has 1 aliphatic heterocycles. The van der Waals surface area contributed by atoms with Crippen LogP contribution in [0.5, 0.6) is 5.88 Å². The number of ether oxygens (including phenoxy) is 1. The van der Waals surface area contributed by atoms with E-state index in [9.17, 15) is 19.1 Å². The van der Waals surface area contributed by atoms with Crippen LogP contribution in [0.3, 0.4) is 0 Å². The Morgan fingerprint density at radius 3 is 2.42 bits per heavy atom. The van der Waals surface area contributed by atoms with Gasteiger partial charge in [-0.3, -0.25) is 9.69 Å². The molecule has 7 nitrogen and oxygen atoms in total. The standard InChI is InChI=1S/C18H26FN3O4/c1-12(22(17(24)25)18(2,3)4)16(23)21-9-7-14(8-10-21)26-15-6-5-13(19)11-20-15/h5-6,11-12,14H,7-10H2,1-4H3,(H,24,25)/t12-/m0/s1. The van der Waals surface area contributed by atoms with Crippen LogP contribution in [0.25, 0.3) is 0 Å². The van der Waals surface area contributed by atoms with E-state index in [-0.39, 0.29) is 12.0 Å². The average molecular weight is 367 g/mol. The zero-order valence-electron chi connectivity index (χ0n) is 15.6. The number of aromatic nitrogens is 1. The zero-order valence-corrected chi connectivity index (χ0v) is 15.6. The number of hydrogen-bond donors (Lipinski definition) is 1. The monoisotopic (exact) mass is 367 g/mol. The first-order valence-corrected chi connectivity index (χ1v) is 8.69. The van der Waals surface area contributed by atoms with Gasteiger partial charge < -0.3 is 14.7 Å². The number of amides is 2. The molecular formula is C18H26FN3O4. The molecule has 1 aromatic heterocycles. The summed E-state index contributed by atoms with van der Waals surface area (Å²) in [5.41, 5.74) is -0.670. The molecule has 1 N–H and O–H groups in total. The Bertz CT molecular complexity index is 637. The third-order valence-corrected chi connectivity index (χ3v) is 4.41. The van der Waals surface area contributed by atoms with Crippen molar-refractivity contribution in [3.63, 3.8) is 0 Å². The van der Waals surface area contributed by atoms with E-state index in [0.717, 1.165) is 6.20 Å². The van der Waals surface area contributed by atoms with Gasteiger partial charge in [0.05, 0.1) is 6.20 Å². The molecule has 1 atom stereocenters. The SMILES string of the molecule is C[C@@H](C(=O)N1CCC(Oc2ccc(F)cn2)CC1)N(C(=O)O)C(C)(C)C. The van der Waals surface area contributed by atoms with Crippen molar-refractivity contribution in [2.45, 2.75) is 58.2 Å². The van der Waals surface area contributed by atoms with Crippen LogP contribution in [-0.2, 0) is 4.79 Å². The number of hydrogen-bond acceptors (Lipinski definition) is 4. The molecule has 1 fully saturated rings. The van der Waals surface area contributed by atoms with E-state index in [1.807, 2.05) is 0 Å². The maximum absolute atomic E-state index is 12.9. The minimum absolute atomic E-state index is 0.106. The third-order valence-electron chi connectivity index (χ3n) is 4.41. The van der Waals surface area contributed by atoms with Crippen molar-refractivity contribution in [1.29, 1.82) is 0 Å². The van der Waals surface area contributed by atoms with E-state index in [0.29, 0.717) is 31.8 Å². The van der Waals surface area contributed by atoms with Crippen LogP contribution in [0.1, 0.15) is 40.5 Å². The highest BCUT2D eigenvalue weighted by Gasteiger charge is 2.37. The molecule has 1 aliphatic rings. The molecular weight excluding hydrogens is 341 g/mol. The average Bonchev–Trinajstić information content (AvgIpc) is 2.55. The Morgan fingerprint density at radius 1 is 1.35 bits per heavy atom. The normalized spacial score (nSPS) is 16.9. The lowest BCUT2D eigenvalue weighted by atomic mass is 10.0. The lowest BCUT2D eigenvalue weighted by Gasteiger charge is -2.40. The van der Waals surface area contributed by atoms with E-state index in [4.69, 9.17) is 4.74 Å². The molecule has 0 aliphatic carbocycles. The Balaban J connectivity index is 1.92. The maximum Gasteiger partial charge on any atom is 0.408 e. The fraction of sp³-hybridized carbons (Fsp3) is 0.611. The number of carboxylic acid groups (broad SMARTS) is 1. The summed E-state index contributed by atoms with van der Waals surface area (Å²) in [4.78, 5) is 31.0. The highest BCUT2D eigenvalue weighted by molar-refractivity contribution is 5.85. The zero-order chi connectivity index (χ0) is 19.5. The van der Waals surface area contributed by atoms with Crippen LogP contribution in [-0.4, -0.2) is 62.7 Å². The summed E-state index contributed by atoms with van der Waals surface area (Å²) >= 11 is 0. The summed E-state index contributed by atoms with van der Waals surface area (Å²) in [6.07, 6.45) is 1.10. The molecule has 1 saturated heterocycles. The predicted molar refractivity (Wildman–Crippen MR) is 93.5 cm³/mol. The summed E-state index contributed by atoms with van der Waals surface area (Å²) in [5.74, 6) is -0.274. The van der Waals surface area contributed by atoms with Crippen LogP contribution >= 0.6 is 0 Å². The molecule has 144 valence electrons. The van der Waals surface area contributed by atoms with Gasteiger partial charge in [-0.1, -0.05) is 0 Å². The summed E-state index contributed by atoms with van der Waals surface area (Å²) < 4.78 is 18.6. The van der Waals surface area contributed by atoms with Gasteiger partial charge in [0.15, 0.2) is 0 Å². The van der Waals surface area contributed by atoms with Gasteiger partial charge in [-0.2, -0.15) is 0 Å². The second kappa shape index (κ2) is 7.88. The number of carbonyl (C=O) groups is 2. The fourth-order valence-electron chi connectivity index (χ4n) is 3.20. The van der Waals surface area contributed by atoms with E-state index in [1.165, 1.54) is 17.0 Å². The van der Waals surface area contributed by atoms with Crippen LogP contribution in [0.2, 0.25) is 0 Å². The lowest BCUT2D eigenvalue weighted by Crippen LogP contribution is -2.57. The summed E-state index contributed by atoms with van der Waals surface area (Å²) in [6, 6.07) is 2.00. The molecule has 0 bridgehead atoms. The van der Waals surface area contributed by atoms with Crippen LogP contribution in [0.4, 0.5) is 9.18 Å². The molecule has 0 spiro atoms. The smallest absolute Gasteiger partial charge is 0.408 e. The van der Waals surface area contributed by atoms with Gasteiger partial charge in [0.1, 0.15) is 18.0 Å². The minimum atomic E-state index is -1.11. The molecule has 26 heavy (non-hydrogen) atoms. The van der Waals surface area contributed by atoms with Crippen molar-refractivity contribution < 1.29 is 23.8 Å². The molecule has 2 rings (SSSR count). The number of pyridine rings is 1. The third kappa shape index (κ3) is 4.83. The Morgan fingerprint density at radius 2 is 1.96 bits per heavy atom. The fourth-order valence-corrected chi connectivity index (χ4v) is 3.20. The van der Waals surface area contributed by atoms with Gasteiger partial charge in [0, 0.05) is 37.5 Å². The molecule has 8 heteroatoms. The highest BCUT2D eigenvalue weighted by Crippen LogP contribution is 2.22. The number of nitrogens with zero attached hydrogens (tertiary/aromatic N) is 3.